The van der Waals surface area contributed by atoms with Gasteiger partial charge in [-0.2, -0.15) is 0 Å². The molecule has 0 saturated heterocycles. The highest BCUT2D eigenvalue weighted by Crippen LogP contribution is 2.13. The smallest absolute Gasteiger partial charge is 0.272 e. The molecule has 1 aromatic carbocycles. The van der Waals surface area contributed by atoms with Gasteiger partial charge in [-0.25, -0.2) is 0 Å². The van der Waals surface area contributed by atoms with Gasteiger partial charge in [0.25, 0.3) is 11.8 Å². The Morgan fingerprint density at radius 3 is 2.70 bits per heavy atom. The number of hydrogen-bond donors (Lipinski definition) is 4. The third-order valence-corrected chi connectivity index (χ3v) is 2.67. The van der Waals surface area contributed by atoms with Gasteiger partial charge in [-0.15, -0.1) is 0 Å². The highest BCUT2D eigenvalue weighted by atomic mass is 16.2. The molecule has 0 aliphatic carbocycles. The average Bonchev–Trinajstić information content (AvgIpc) is 2.86. The van der Waals surface area contributed by atoms with Crippen LogP contribution in [0.5, 0.6) is 0 Å². The van der Waals surface area contributed by atoms with Gasteiger partial charge in [0.2, 0.25) is 0 Å². The minimum atomic E-state index is -0.310. The van der Waals surface area contributed by atoms with Gasteiger partial charge in [0.1, 0.15) is 5.69 Å². The molecular formula is C14H16N4O2. The van der Waals surface area contributed by atoms with Crippen molar-refractivity contribution >= 4 is 23.2 Å². The first-order valence-electron chi connectivity index (χ1n) is 6.23. The molecule has 20 heavy (non-hydrogen) atoms. The minimum Gasteiger partial charge on any atom is -0.397 e. The number of aromatic amines is 1. The van der Waals surface area contributed by atoms with Crippen LogP contribution in [0.3, 0.4) is 0 Å². The third kappa shape index (κ3) is 3.17. The van der Waals surface area contributed by atoms with E-state index >= 15 is 0 Å². The van der Waals surface area contributed by atoms with E-state index in [0.717, 1.165) is 0 Å². The molecule has 0 unspecified atom stereocenters. The minimum absolute atomic E-state index is 0.173. The molecule has 1 heterocycles. The summed E-state index contributed by atoms with van der Waals surface area (Å²) in [4.78, 5) is 26.4. The third-order valence-electron chi connectivity index (χ3n) is 2.67. The van der Waals surface area contributed by atoms with Crippen molar-refractivity contribution in [2.75, 3.05) is 17.6 Å². The molecule has 0 aliphatic heterocycles. The predicted molar refractivity (Wildman–Crippen MR) is 77.6 cm³/mol. The Labute approximate surface area is 116 Å². The molecule has 0 aliphatic rings. The van der Waals surface area contributed by atoms with Crippen LogP contribution in [0, 0.1) is 0 Å². The lowest BCUT2D eigenvalue weighted by molar-refractivity contribution is 0.0954. The number of carbonyl (C=O) groups is 2. The summed E-state index contributed by atoms with van der Waals surface area (Å²) in [6.45, 7) is 2.40. The number of aromatic nitrogens is 1. The largest absolute Gasteiger partial charge is 0.397 e. The lowest BCUT2D eigenvalue weighted by Gasteiger charge is -2.06. The zero-order valence-electron chi connectivity index (χ0n) is 11.1. The number of H-pyrrole nitrogens is 1. The number of rotatable bonds is 4. The van der Waals surface area contributed by atoms with Gasteiger partial charge in [0, 0.05) is 29.7 Å². The molecule has 0 fully saturated rings. The molecule has 5 N–H and O–H groups in total. The quantitative estimate of drug-likeness (QED) is 0.680. The molecule has 2 amide bonds. The molecular weight excluding hydrogens is 256 g/mol. The lowest BCUT2D eigenvalue weighted by atomic mass is 10.2. The van der Waals surface area contributed by atoms with E-state index in [-0.39, 0.29) is 11.8 Å². The SMILES string of the molecule is CCNC(=O)c1cccc(NC(=O)c2cc(N)c[nH]2)c1. The number of benzene rings is 1. The molecule has 6 heteroatoms. The molecule has 0 atom stereocenters. The molecule has 104 valence electrons. The Kier molecular flexibility index (Phi) is 4.05. The molecule has 2 aromatic rings. The van der Waals surface area contributed by atoms with Crippen molar-refractivity contribution in [3.63, 3.8) is 0 Å². The van der Waals surface area contributed by atoms with E-state index in [1.807, 2.05) is 6.92 Å². The van der Waals surface area contributed by atoms with Gasteiger partial charge >= 0.3 is 0 Å². The molecule has 6 nitrogen and oxygen atoms in total. The van der Waals surface area contributed by atoms with E-state index in [2.05, 4.69) is 15.6 Å². The van der Waals surface area contributed by atoms with Gasteiger partial charge in [-0.3, -0.25) is 9.59 Å². The van der Waals surface area contributed by atoms with Crippen LogP contribution in [-0.2, 0) is 0 Å². The van der Waals surface area contributed by atoms with Crippen LogP contribution < -0.4 is 16.4 Å². The van der Waals surface area contributed by atoms with E-state index in [4.69, 9.17) is 5.73 Å². The molecule has 0 bridgehead atoms. The molecule has 0 radical (unpaired) electrons. The molecule has 2 rings (SSSR count). The van der Waals surface area contributed by atoms with Gasteiger partial charge in [-0.1, -0.05) is 6.07 Å². The van der Waals surface area contributed by atoms with Crippen molar-refractivity contribution in [3.05, 3.63) is 47.8 Å². The van der Waals surface area contributed by atoms with Crippen LogP contribution in [0.2, 0.25) is 0 Å². The topological polar surface area (TPSA) is 100 Å². The van der Waals surface area contributed by atoms with Crippen molar-refractivity contribution in [2.45, 2.75) is 6.92 Å². The number of carbonyl (C=O) groups excluding carboxylic acids is 2. The first kappa shape index (κ1) is 13.7. The Hall–Kier alpha value is -2.76. The summed E-state index contributed by atoms with van der Waals surface area (Å²) in [5.74, 6) is -0.484. The van der Waals surface area contributed by atoms with E-state index in [0.29, 0.717) is 29.2 Å². The van der Waals surface area contributed by atoms with Crippen LogP contribution in [0.25, 0.3) is 0 Å². The lowest BCUT2D eigenvalue weighted by Crippen LogP contribution is -2.22. The summed E-state index contributed by atoms with van der Waals surface area (Å²) in [6.07, 6.45) is 1.54. The molecule has 0 saturated carbocycles. The predicted octanol–water partition coefficient (Wildman–Crippen LogP) is 1.60. The van der Waals surface area contributed by atoms with Crippen LogP contribution in [0.4, 0.5) is 11.4 Å². The van der Waals surface area contributed by atoms with Gasteiger partial charge in [-0.05, 0) is 31.2 Å². The normalized spacial score (nSPS) is 10.1. The second kappa shape index (κ2) is 5.92. The van der Waals surface area contributed by atoms with Crippen molar-refractivity contribution in [2.24, 2.45) is 0 Å². The van der Waals surface area contributed by atoms with Crippen molar-refractivity contribution in [3.8, 4) is 0 Å². The number of nitrogen functional groups attached to an aromatic ring is 1. The van der Waals surface area contributed by atoms with Crippen molar-refractivity contribution in [1.29, 1.82) is 0 Å². The Morgan fingerprint density at radius 1 is 1.25 bits per heavy atom. The zero-order valence-corrected chi connectivity index (χ0v) is 11.1. The number of nitrogens with one attached hydrogen (secondary N) is 3. The fourth-order valence-electron chi connectivity index (χ4n) is 1.74. The molecule has 0 spiro atoms. The van der Waals surface area contributed by atoms with Crippen LogP contribution in [0.15, 0.2) is 36.5 Å². The number of hydrogen-bond acceptors (Lipinski definition) is 3. The summed E-state index contributed by atoms with van der Waals surface area (Å²) in [5, 5.41) is 5.41. The van der Waals surface area contributed by atoms with Crippen molar-refractivity contribution in [1.82, 2.24) is 10.3 Å². The number of amides is 2. The monoisotopic (exact) mass is 272 g/mol. The van der Waals surface area contributed by atoms with Crippen LogP contribution in [0.1, 0.15) is 27.8 Å². The van der Waals surface area contributed by atoms with E-state index < -0.39 is 0 Å². The second-order valence-corrected chi connectivity index (χ2v) is 4.24. The summed E-state index contributed by atoms with van der Waals surface area (Å²) in [5.41, 5.74) is 7.45. The first-order chi connectivity index (χ1) is 9.60. The average molecular weight is 272 g/mol. The second-order valence-electron chi connectivity index (χ2n) is 4.24. The summed E-state index contributed by atoms with van der Waals surface area (Å²) in [6, 6.07) is 8.28. The van der Waals surface area contributed by atoms with E-state index in [1.54, 1.807) is 36.5 Å². The van der Waals surface area contributed by atoms with Crippen molar-refractivity contribution < 1.29 is 9.59 Å². The summed E-state index contributed by atoms with van der Waals surface area (Å²) in [7, 11) is 0. The van der Waals surface area contributed by atoms with Gasteiger partial charge < -0.3 is 21.4 Å². The Morgan fingerprint density at radius 2 is 2.05 bits per heavy atom. The number of anilines is 2. The van der Waals surface area contributed by atoms with Crippen LogP contribution in [-0.4, -0.2) is 23.3 Å². The van der Waals surface area contributed by atoms with Gasteiger partial charge in [0.15, 0.2) is 0 Å². The molecule has 1 aromatic heterocycles. The fraction of sp³-hybridized carbons (Fsp3) is 0.143. The maximum absolute atomic E-state index is 11.9. The van der Waals surface area contributed by atoms with E-state index in [1.165, 1.54) is 0 Å². The highest BCUT2D eigenvalue weighted by Gasteiger charge is 2.10. The Balaban J connectivity index is 2.12. The summed E-state index contributed by atoms with van der Waals surface area (Å²) >= 11 is 0. The fourth-order valence-corrected chi connectivity index (χ4v) is 1.74. The summed E-state index contributed by atoms with van der Waals surface area (Å²) < 4.78 is 0. The number of nitrogens with two attached hydrogens (primary N) is 1. The Bertz CT molecular complexity index is 634. The van der Waals surface area contributed by atoms with E-state index in [9.17, 15) is 9.59 Å². The highest BCUT2D eigenvalue weighted by molar-refractivity contribution is 6.04. The standard InChI is InChI=1S/C14H16N4O2/c1-2-16-13(19)9-4-3-5-11(6-9)18-14(20)12-7-10(15)8-17-12/h3-8,17H,2,15H2,1H3,(H,16,19)(H,18,20). The first-order valence-corrected chi connectivity index (χ1v) is 6.23. The zero-order chi connectivity index (χ0) is 14.5. The maximum atomic E-state index is 11.9. The van der Waals surface area contributed by atoms with Crippen LogP contribution >= 0.6 is 0 Å². The maximum Gasteiger partial charge on any atom is 0.272 e. The van der Waals surface area contributed by atoms with Gasteiger partial charge in [0.05, 0.1) is 0 Å².